The number of fused-ring (bicyclic) bond motifs is 1. The van der Waals surface area contributed by atoms with Gasteiger partial charge in [-0.3, -0.25) is 0 Å². The Morgan fingerprint density at radius 3 is 2.81 bits per heavy atom. The van der Waals surface area contributed by atoms with Crippen molar-refractivity contribution in [3.63, 3.8) is 0 Å². The van der Waals surface area contributed by atoms with E-state index in [0.717, 1.165) is 10.1 Å². The molecule has 16 heavy (non-hydrogen) atoms. The van der Waals surface area contributed by atoms with Gasteiger partial charge in [-0.1, -0.05) is 23.2 Å². The number of ether oxygens (including phenoxy) is 1. The van der Waals surface area contributed by atoms with Crippen molar-refractivity contribution in [2.75, 3.05) is 6.61 Å². The van der Waals surface area contributed by atoms with Crippen LogP contribution in [0.15, 0.2) is 18.2 Å². The van der Waals surface area contributed by atoms with Gasteiger partial charge in [0.15, 0.2) is 0 Å². The predicted molar refractivity (Wildman–Crippen MR) is 67.8 cm³/mol. The average Bonchev–Trinajstić information content (AvgIpc) is 2.62. The quantitative estimate of drug-likeness (QED) is 0.760. The molecule has 2 rings (SSSR count). The lowest BCUT2D eigenvalue weighted by Gasteiger charge is -1.95. The van der Waals surface area contributed by atoms with Gasteiger partial charge in [-0.25, -0.2) is 4.79 Å². The van der Waals surface area contributed by atoms with Gasteiger partial charge in [-0.2, -0.15) is 0 Å². The summed E-state index contributed by atoms with van der Waals surface area (Å²) >= 11 is 13.2. The average molecular weight is 275 g/mol. The van der Waals surface area contributed by atoms with Gasteiger partial charge in [-0.05, 0) is 25.1 Å². The standard InChI is InChI=1S/C11H8Cl2O2S/c1-2-15-11(14)10-5-7-8(13)3-6(12)4-9(7)16-10/h3-5H,2H2,1H3. The first-order valence-electron chi connectivity index (χ1n) is 4.67. The molecule has 0 aliphatic heterocycles. The first-order valence-corrected chi connectivity index (χ1v) is 6.24. The predicted octanol–water partition coefficient (Wildman–Crippen LogP) is 4.38. The molecule has 0 aliphatic carbocycles. The van der Waals surface area contributed by atoms with Crippen LogP contribution in [0.25, 0.3) is 10.1 Å². The minimum absolute atomic E-state index is 0.323. The fourth-order valence-corrected chi connectivity index (χ4v) is 3.06. The molecule has 1 aromatic carbocycles. The second-order valence-corrected chi connectivity index (χ2v) is 5.06. The number of carbonyl (C=O) groups excluding carboxylic acids is 1. The zero-order valence-electron chi connectivity index (χ0n) is 8.42. The largest absolute Gasteiger partial charge is 0.462 e. The second-order valence-electron chi connectivity index (χ2n) is 3.13. The number of carbonyl (C=O) groups is 1. The van der Waals surface area contributed by atoms with Crippen molar-refractivity contribution < 1.29 is 9.53 Å². The summed E-state index contributed by atoms with van der Waals surface area (Å²) in [4.78, 5) is 12.1. The highest BCUT2D eigenvalue weighted by atomic mass is 35.5. The molecule has 0 atom stereocenters. The van der Waals surface area contributed by atoms with Gasteiger partial charge < -0.3 is 4.74 Å². The maximum atomic E-state index is 11.5. The van der Waals surface area contributed by atoms with Crippen LogP contribution in [0.5, 0.6) is 0 Å². The molecule has 0 amide bonds. The van der Waals surface area contributed by atoms with Crippen molar-refractivity contribution >= 4 is 50.6 Å². The Bertz CT molecular complexity index is 548. The van der Waals surface area contributed by atoms with E-state index in [2.05, 4.69) is 0 Å². The molecule has 0 unspecified atom stereocenters. The number of hydrogen-bond donors (Lipinski definition) is 0. The molecule has 0 saturated carbocycles. The highest BCUT2D eigenvalue weighted by Gasteiger charge is 2.13. The zero-order valence-corrected chi connectivity index (χ0v) is 10.7. The number of hydrogen-bond acceptors (Lipinski definition) is 3. The van der Waals surface area contributed by atoms with E-state index in [9.17, 15) is 4.79 Å². The Morgan fingerprint density at radius 1 is 1.38 bits per heavy atom. The lowest BCUT2D eigenvalue weighted by atomic mass is 10.2. The number of rotatable bonds is 2. The van der Waals surface area contributed by atoms with E-state index in [1.54, 1.807) is 25.1 Å². The lowest BCUT2D eigenvalue weighted by Crippen LogP contribution is -2.01. The Hall–Kier alpha value is -0.770. The van der Waals surface area contributed by atoms with Gasteiger partial charge in [0.2, 0.25) is 0 Å². The molecule has 1 aromatic heterocycles. The van der Waals surface area contributed by atoms with E-state index in [0.29, 0.717) is 21.5 Å². The van der Waals surface area contributed by atoms with Crippen LogP contribution in [0.4, 0.5) is 0 Å². The SMILES string of the molecule is CCOC(=O)c1cc2c(Cl)cc(Cl)cc2s1. The van der Waals surface area contributed by atoms with Crippen LogP contribution in [0, 0.1) is 0 Å². The van der Waals surface area contributed by atoms with Gasteiger partial charge in [0.25, 0.3) is 0 Å². The van der Waals surface area contributed by atoms with E-state index in [4.69, 9.17) is 27.9 Å². The molecular weight excluding hydrogens is 267 g/mol. The monoisotopic (exact) mass is 274 g/mol. The Morgan fingerprint density at radius 2 is 2.12 bits per heavy atom. The van der Waals surface area contributed by atoms with Crippen molar-refractivity contribution in [2.45, 2.75) is 6.92 Å². The topological polar surface area (TPSA) is 26.3 Å². The van der Waals surface area contributed by atoms with Crippen molar-refractivity contribution in [3.8, 4) is 0 Å². The van der Waals surface area contributed by atoms with E-state index in [1.807, 2.05) is 0 Å². The smallest absolute Gasteiger partial charge is 0.348 e. The first kappa shape index (κ1) is 11.7. The molecule has 84 valence electrons. The van der Waals surface area contributed by atoms with Gasteiger partial charge >= 0.3 is 5.97 Å². The maximum Gasteiger partial charge on any atom is 0.348 e. The molecule has 0 radical (unpaired) electrons. The van der Waals surface area contributed by atoms with E-state index in [-0.39, 0.29) is 5.97 Å². The zero-order chi connectivity index (χ0) is 11.7. The van der Waals surface area contributed by atoms with E-state index in [1.165, 1.54) is 11.3 Å². The van der Waals surface area contributed by atoms with Gasteiger partial charge in [0.05, 0.1) is 11.6 Å². The molecule has 0 aliphatic rings. The Kier molecular flexibility index (Phi) is 3.38. The van der Waals surface area contributed by atoms with E-state index < -0.39 is 0 Å². The van der Waals surface area contributed by atoms with Crippen LogP contribution in [-0.4, -0.2) is 12.6 Å². The fourth-order valence-electron chi connectivity index (χ4n) is 1.37. The molecule has 0 bridgehead atoms. The minimum Gasteiger partial charge on any atom is -0.462 e. The molecule has 1 heterocycles. The molecule has 0 saturated heterocycles. The third kappa shape index (κ3) is 2.17. The highest BCUT2D eigenvalue weighted by Crippen LogP contribution is 2.34. The summed E-state index contributed by atoms with van der Waals surface area (Å²) in [5, 5.41) is 1.95. The molecule has 5 heteroatoms. The maximum absolute atomic E-state index is 11.5. The van der Waals surface area contributed by atoms with Gasteiger partial charge in [0, 0.05) is 15.1 Å². The van der Waals surface area contributed by atoms with E-state index >= 15 is 0 Å². The molecule has 2 aromatic rings. The van der Waals surface area contributed by atoms with Crippen molar-refractivity contribution in [1.82, 2.24) is 0 Å². The summed E-state index contributed by atoms with van der Waals surface area (Å²) in [5.74, 6) is -0.323. The van der Waals surface area contributed by atoms with Crippen LogP contribution in [0.3, 0.4) is 0 Å². The Balaban J connectivity index is 2.51. The summed E-state index contributed by atoms with van der Waals surface area (Å²) in [6.45, 7) is 2.14. The van der Waals surface area contributed by atoms with Crippen molar-refractivity contribution in [1.29, 1.82) is 0 Å². The molecule has 0 N–H and O–H groups in total. The number of thiophene rings is 1. The summed E-state index contributed by atoms with van der Waals surface area (Å²) < 4.78 is 5.81. The van der Waals surface area contributed by atoms with Crippen LogP contribution >= 0.6 is 34.5 Å². The molecular formula is C11H8Cl2O2S. The summed E-state index contributed by atoms with van der Waals surface area (Å²) in [5.41, 5.74) is 0. The van der Waals surface area contributed by atoms with Crippen LogP contribution in [0.1, 0.15) is 16.6 Å². The number of esters is 1. The van der Waals surface area contributed by atoms with Crippen molar-refractivity contribution in [3.05, 3.63) is 33.1 Å². The van der Waals surface area contributed by atoms with Crippen LogP contribution in [0.2, 0.25) is 10.0 Å². The third-order valence-electron chi connectivity index (χ3n) is 2.03. The number of benzene rings is 1. The minimum atomic E-state index is -0.323. The normalized spacial score (nSPS) is 10.7. The molecule has 0 spiro atoms. The fraction of sp³-hybridized carbons (Fsp3) is 0.182. The van der Waals surface area contributed by atoms with Crippen molar-refractivity contribution in [2.24, 2.45) is 0 Å². The Labute approximate surface area is 107 Å². The molecule has 0 fully saturated rings. The summed E-state index contributed by atoms with van der Waals surface area (Å²) in [6.07, 6.45) is 0. The highest BCUT2D eigenvalue weighted by molar-refractivity contribution is 7.20. The number of halogens is 2. The van der Waals surface area contributed by atoms with Gasteiger partial charge in [-0.15, -0.1) is 11.3 Å². The van der Waals surface area contributed by atoms with Gasteiger partial charge in [0.1, 0.15) is 4.88 Å². The molecule has 2 nitrogen and oxygen atoms in total. The van der Waals surface area contributed by atoms with Crippen LogP contribution in [-0.2, 0) is 4.74 Å². The third-order valence-corrected chi connectivity index (χ3v) is 3.62. The van der Waals surface area contributed by atoms with Crippen LogP contribution < -0.4 is 0 Å². The second kappa shape index (κ2) is 4.62. The summed E-state index contributed by atoms with van der Waals surface area (Å²) in [6, 6.07) is 5.18. The summed E-state index contributed by atoms with van der Waals surface area (Å²) in [7, 11) is 0. The first-order chi connectivity index (χ1) is 7.61. The lowest BCUT2D eigenvalue weighted by molar-refractivity contribution is 0.0532.